The summed E-state index contributed by atoms with van der Waals surface area (Å²) in [4.78, 5) is 0. The van der Waals surface area contributed by atoms with E-state index in [0.29, 0.717) is 6.04 Å². The van der Waals surface area contributed by atoms with Gasteiger partial charge in [0.15, 0.2) is 0 Å². The monoisotopic (exact) mass is 249 g/mol. The van der Waals surface area contributed by atoms with Crippen molar-refractivity contribution in [1.82, 2.24) is 5.32 Å². The molecule has 2 aliphatic carbocycles. The van der Waals surface area contributed by atoms with Gasteiger partial charge in [0.2, 0.25) is 0 Å². The smallest absolute Gasteiger partial charge is 0.108 e. The highest BCUT2D eigenvalue weighted by atomic mass is 16.5. The molecule has 0 saturated heterocycles. The summed E-state index contributed by atoms with van der Waals surface area (Å²) in [5, 5.41) is 3.63. The zero-order chi connectivity index (χ0) is 12.2. The predicted octanol–water partition coefficient (Wildman–Crippen LogP) is 3.06. The fourth-order valence-corrected chi connectivity index (χ4v) is 2.68. The van der Waals surface area contributed by atoms with E-state index in [1.165, 1.54) is 37.0 Å². The van der Waals surface area contributed by atoms with Crippen LogP contribution in [0.1, 0.15) is 49.5 Å². The van der Waals surface area contributed by atoms with Gasteiger partial charge >= 0.3 is 0 Å². The van der Waals surface area contributed by atoms with Crippen molar-refractivity contribution in [2.45, 2.75) is 44.6 Å². The molecular formula is C15H23NO2. The summed E-state index contributed by atoms with van der Waals surface area (Å²) in [5.74, 6) is 2.06. The van der Waals surface area contributed by atoms with Gasteiger partial charge in [-0.25, -0.2) is 0 Å². The molecule has 1 aromatic rings. The first-order chi connectivity index (χ1) is 8.93. The van der Waals surface area contributed by atoms with Crippen molar-refractivity contribution in [3.8, 4) is 0 Å². The van der Waals surface area contributed by atoms with Crippen LogP contribution >= 0.6 is 0 Å². The summed E-state index contributed by atoms with van der Waals surface area (Å²) < 4.78 is 11.1. The fraction of sp³-hybridized carbons (Fsp3) is 0.733. The molecule has 1 saturated carbocycles. The van der Waals surface area contributed by atoms with E-state index in [2.05, 4.69) is 11.4 Å². The van der Waals surface area contributed by atoms with Gasteiger partial charge in [-0.2, -0.15) is 0 Å². The average Bonchev–Trinajstić information content (AvgIpc) is 3.08. The van der Waals surface area contributed by atoms with Gasteiger partial charge in [-0.05, 0) is 50.6 Å². The van der Waals surface area contributed by atoms with E-state index in [9.17, 15) is 0 Å². The lowest BCUT2D eigenvalue weighted by atomic mass is 9.93. The first-order valence-electron chi connectivity index (χ1n) is 7.31. The Labute approximate surface area is 109 Å². The predicted molar refractivity (Wildman–Crippen MR) is 70.5 cm³/mol. The number of aryl methyl sites for hydroxylation is 1. The highest BCUT2D eigenvalue weighted by molar-refractivity contribution is 5.23. The first kappa shape index (κ1) is 12.2. The molecule has 1 fully saturated rings. The summed E-state index contributed by atoms with van der Waals surface area (Å²) in [6, 6.07) is 2.62. The van der Waals surface area contributed by atoms with Gasteiger partial charge in [-0.15, -0.1) is 0 Å². The van der Waals surface area contributed by atoms with Gasteiger partial charge in [0, 0.05) is 31.2 Å². The number of rotatable bonds is 7. The highest BCUT2D eigenvalue weighted by Crippen LogP contribution is 2.30. The number of ether oxygens (including phenoxy) is 1. The van der Waals surface area contributed by atoms with Gasteiger partial charge in [0.05, 0.1) is 6.26 Å². The van der Waals surface area contributed by atoms with Crippen molar-refractivity contribution in [1.29, 1.82) is 0 Å². The maximum atomic E-state index is 5.64. The normalized spacial score (nSPS) is 23.0. The SMILES string of the molecule is c1cc2c(o1)CCCC2NCCCOCC1CC1. The Kier molecular flexibility index (Phi) is 4.01. The summed E-state index contributed by atoms with van der Waals surface area (Å²) in [7, 11) is 0. The number of hydrogen-bond donors (Lipinski definition) is 1. The third-order valence-electron chi connectivity index (χ3n) is 3.96. The van der Waals surface area contributed by atoms with E-state index < -0.39 is 0 Å². The minimum absolute atomic E-state index is 0.496. The molecule has 0 aromatic carbocycles. The van der Waals surface area contributed by atoms with E-state index in [1.807, 2.05) is 6.26 Å². The van der Waals surface area contributed by atoms with Crippen molar-refractivity contribution in [3.63, 3.8) is 0 Å². The lowest BCUT2D eigenvalue weighted by Gasteiger charge is -2.22. The van der Waals surface area contributed by atoms with Crippen LogP contribution in [0.4, 0.5) is 0 Å². The summed E-state index contributed by atoms with van der Waals surface area (Å²) in [6.45, 7) is 2.92. The maximum absolute atomic E-state index is 5.64. The number of hydrogen-bond acceptors (Lipinski definition) is 3. The summed E-state index contributed by atoms with van der Waals surface area (Å²) in [6.07, 6.45) is 9.25. The second-order valence-electron chi connectivity index (χ2n) is 5.57. The molecule has 1 N–H and O–H groups in total. The molecule has 0 aliphatic heterocycles. The molecule has 1 unspecified atom stereocenters. The Morgan fingerprint density at radius 1 is 1.33 bits per heavy atom. The maximum Gasteiger partial charge on any atom is 0.108 e. The number of fused-ring (bicyclic) bond motifs is 1. The topological polar surface area (TPSA) is 34.4 Å². The van der Waals surface area contributed by atoms with Crippen LogP contribution in [-0.4, -0.2) is 19.8 Å². The summed E-state index contributed by atoms with van der Waals surface area (Å²) >= 11 is 0. The Morgan fingerprint density at radius 3 is 3.17 bits per heavy atom. The van der Waals surface area contributed by atoms with Gasteiger partial charge in [-0.1, -0.05) is 0 Å². The van der Waals surface area contributed by atoms with Crippen molar-refractivity contribution >= 4 is 0 Å². The molecule has 1 aromatic heterocycles. The van der Waals surface area contributed by atoms with Crippen LogP contribution in [0.2, 0.25) is 0 Å². The molecule has 3 heteroatoms. The van der Waals surface area contributed by atoms with Crippen LogP contribution in [0.25, 0.3) is 0 Å². The Bertz CT molecular complexity index is 370. The van der Waals surface area contributed by atoms with Gasteiger partial charge in [-0.3, -0.25) is 0 Å². The van der Waals surface area contributed by atoms with Crippen LogP contribution < -0.4 is 5.32 Å². The average molecular weight is 249 g/mol. The second-order valence-corrected chi connectivity index (χ2v) is 5.57. The van der Waals surface area contributed by atoms with Gasteiger partial charge in [0.25, 0.3) is 0 Å². The molecule has 0 spiro atoms. The number of nitrogens with one attached hydrogen (secondary N) is 1. The van der Waals surface area contributed by atoms with Gasteiger partial charge in [0.1, 0.15) is 5.76 Å². The lowest BCUT2D eigenvalue weighted by molar-refractivity contribution is 0.121. The summed E-state index contributed by atoms with van der Waals surface area (Å²) in [5.41, 5.74) is 1.38. The molecular weight excluding hydrogens is 226 g/mol. The molecule has 0 amide bonds. The van der Waals surface area contributed by atoms with Crippen molar-refractivity contribution < 1.29 is 9.15 Å². The molecule has 100 valence electrons. The number of furan rings is 1. The van der Waals surface area contributed by atoms with E-state index in [1.54, 1.807) is 0 Å². The molecule has 1 atom stereocenters. The van der Waals surface area contributed by atoms with Crippen molar-refractivity contribution in [2.24, 2.45) is 5.92 Å². The highest BCUT2D eigenvalue weighted by Gasteiger charge is 2.22. The Hall–Kier alpha value is -0.800. The van der Waals surface area contributed by atoms with Crippen LogP contribution in [0.3, 0.4) is 0 Å². The second kappa shape index (κ2) is 5.89. The lowest BCUT2D eigenvalue weighted by Crippen LogP contribution is -2.26. The minimum atomic E-state index is 0.496. The third kappa shape index (κ3) is 3.15. The minimum Gasteiger partial charge on any atom is -0.469 e. The van der Waals surface area contributed by atoms with E-state index in [-0.39, 0.29) is 0 Å². The standard InChI is InChI=1S/C15H23NO2/c1-3-14(13-7-10-18-15(13)4-1)16-8-2-9-17-11-12-5-6-12/h7,10,12,14,16H,1-6,8-9,11H2. The molecule has 2 aliphatic rings. The van der Waals surface area contributed by atoms with Crippen LogP contribution in [0, 0.1) is 5.92 Å². The van der Waals surface area contributed by atoms with Crippen LogP contribution in [-0.2, 0) is 11.2 Å². The van der Waals surface area contributed by atoms with Crippen LogP contribution in [0.5, 0.6) is 0 Å². The Balaban J connectivity index is 1.33. The molecule has 1 heterocycles. The van der Waals surface area contributed by atoms with E-state index >= 15 is 0 Å². The van der Waals surface area contributed by atoms with E-state index in [0.717, 1.165) is 38.5 Å². The molecule has 0 radical (unpaired) electrons. The molecule has 18 heavy (non-hydrogen) atoms. The molecule has 3 nitrogen and oxygen atoms in total. The Morgan fingerprint density at radius 2 is 2.28 bits per heavy atom. The van der Waals surface area contributed by atoms with Gasteiger partial charge < -0.3 is 14.5 Å². The zero-order valence-corrected chi connectivity index (χ0v) is 11.0. The quantitative estimate of drug-likeness (QED) is 0.754. The van der Waals surface area contributed by atoms with Crippen LogP contribution in [0.15, 0.2) is 16.7 Å². The molecule has 0 bridgehead atoms. The first-order valence-corrected chi connectivity index (χ1v) is 7.31. The zero-order valence-electron chi connectivity index (χ0n) is 11.0. The third-order valence-corrected chi connectivity index (χ3v) is 3.96. The van der Waals surface area contributed by atoms with Crippen molar-refractivity contribution in [3.05, 3.63) is 23.7 Å². The largest absolute Gasteiger partial charge is 0.469 e. The van der Waals surface area contributed by atoms with E-state index in [4.69, 9.17) is 9.15 Å². The van der Waals surface area contributed by atoms with Crippen molar-refractivity contribution in [2.75, 3.05) is 19.8 Å². The molecule has 3 rings (SSSR count). The fourth-order valence-electron chi connectivity index (χ4n) is 2.68.